The molecule has 0 fully saturated rings. The van der Waals surface area contributed by atoms with E-state index in [0.717, 1.165) is 39.0 Å². The molecule has 4 aromatic rings. The van der Waals surface area contributed by atoms with Crippen LogP contribution >= 0.6 is 11.6 Å². The summed E-state index contributed by atoms with van der Waals surface area (Å²) < 4.78 is 0. The molecule has 0 aliphatic rings. The van der Waals surface area contributed by atoms with Gasteiger partial charge in [0.05, 0.1) is 11.2 Å². The zero-order valence-electron chi connectivity index (χ0n) is 14.9. The summed E-state index contributed by atoms with van der Waals surface area (Å²) in [5.41, 5.74) is 5.49. The first-order valence-corrected chi connectivity index (χ1v) is 9.04. The van der Waals surface area contributed by atoms with Gasteiger partial charge in [0.2, 0.25) is 0 Å². The van der Waals surface area contributed by atoms with Gasteiger partial charge in [-0.2, -0.15) is 0 Å². The van der Waals surface area contributed by atoms with Crippen LogP contribution in [0.4, 0.5) is 5.82 Å². The maximum atomic E-state index is 6.39. The summed E-state index contributed by atoms with van der Waals surface area (Å²) in [7, 11) is 0. The van der Waals surface area contributed by atoms with E-state index in [2.05, 4.69) is 29.9 Å². The monoisotopic (exact) mass is 371 g/mol. The van der Waals surface area contributed by atoms with Crippen LogP contribution in [0, 0.1) is 6.92 Å². The number of fused-ring (bicyclic) bond motifs is 1. The normalized spacial score (nSPS) is 10.7. The van der Waals surface area contributed by atoms with Crippen molar-refractivity contribution in [2.24, 2.45) is 0 Å². The highest BCUT2D eigenvalue weighted by Gasteiger charge is 2.12. The average molecular weight is 372 g/mol. The molecular weight excluding hydrogens is 354 g/mol. The second-order valence-corrected chi connectivity index (χ2v) is 6.73. The Balaban J connectivity index is 1.83. The van der Waals surface area contributed by atoms with E-state index in [9.17, 15) is 0 Å². The van der Waals surface area contributed by atoms with Gasteiger partial charge in [0.1, 0.15) is 5.82 Å². The number of aryl methyl sites for hydroxylation is 1. The van der Waals surface area contributed by atoms with Crippen LogP contribution in [0.3, 0.4) is 0 Å². The number of aromatic nitrogens is 2. The maximum absolute atomic E-state index is 6.39. The second-order valence-electron chi connectivity index (χ2n) is 6.32. The number of benzene rings is 2. The molecule has 3 nitrogen and oxygen atoms in total. The van der Waals surface area contributed by atoms with E-state index in [4.69, 9.17) is 16.6 Å². The lowest BCUT2D eigenvalue weighted by Crippen LogP contribution is -2.03. The van der Waals surface area contributed by atoms with Crippen molar-refractivity contribution in [1.82, 2.24) is 9.97 Å². The molecular formula is C23H18ClN3. The number of hydrogen-bond donors (Lipinski definition) is 1. The van der Waals surface area contributed by atoms with Crippen molar-refractivity contribution < 1.29 is 0 Å². The third-order valence-corrected chi connectivity index (χ3v) is 4.82. The van der Waals surface area contributed by atoms with E-state index in [-0.39, 0.29) is 0 Å². The van der Waals surface area contributed by atoms with Crippen molar-refractivity contribution in [2.75, 3.05) is 5.32 Å². The molecule has 2 aromatic carbocycles. The Labute approximate surface area is 163 Å². The lowest BCUT2D eigenvalue weighted by Gasteiger charge is -2.15. The number of anilines is 1. The Hall–Kier alpha value is -3.17. The Bertz CT molecular complexity index is 1150. The van der Waals surface area contributed by atoms with E-state index in [1.807, 2.05) is 60.7 Å². The molecule has 1 N–H and O–H groups in total. The van der Waals surface area contributed by atoms with Gasteiger partial charge in [-0.25, -0.2) is 4.98 Å². The molecule has 0 aliphatic heterocycles. The lowest BCUT2D eigenvalue weighted by atomic mass is 10.1. The molecule has 0 atom stereocenters. The first kappa shape index (κ1) is 17.3. The quantitative estimate of drug-likeness (QED) is 0.454. The van der Waals surface area contributed by atoms with E-state index in [1.54, 1.807) is 6.20 Å². The summed E-state index contributed by atoms with van der Waals surface area (Å²) in [6.45, 7) is 6.28. The third-order valence-electron chi connectivity index (χ3n) is 4.49. The topological polar surface area (TPSA) is 37.8 Å². The zero-order valence-corrected chi connectivity index (χ0v) is 15.7. The second kappa shape index (κ2) is 7.22. The van der Waals surface area contributed by atoms with Crippen molar-refractivity contribution in [3.8, 4) is 11.3 Å². The van der Waals surface area contributed by atoms with Crippen molar-refractivity contribution in [3.63, 3.8) is 0 Å². The van der Waals surface area contributed by atoms with Crippen LogP contribution in [0.2, 0.25) is 5.02 Å². The number of halogens is 1. The van der Waals surface area contributed by atoms with Crippen LogP contribution in [-0.2, 0) is 0 Å². The van der Waals surface area contributed by atoms with E-state index >= 15 is 0 Å². The molecule has 0 unspecified atom stereocenters. The van der Waals surface area contributed by atoms with Crippen LogP contribution in [0.15, 0.2) is 79.5 Å². The smallest absolute Gasteiger partial charge is 0.140 e. The van der Waals surface area contributed by atoms with Gasteiger partial charge in [-0.1, -0.05) is 60.6 Å². The van der Waals surface area contributed by atoms with Gasteiger partial charge in [-0.3, -0.25) is 4.98 Å². The van der Waals surface area contributed by atoms with Crippen LogP contribution in [-0.4, -0.2) is 9.97 Å². The molecule has 27 heavy (non-hydrogen) atoms. The minimum atomic E-state index is 0.656. The van der Waals surface area contributed by atoms with E-state index < -0.39 is 0 Å². The van der Waals surface area contributed by atoms with Crippen molar-refractivity contribution in [2.45, 2.75) is 6.92 Å². The molecule has 2 aromatic heterocycles. The summed E-state index contributed by atoms with van der Waals surface area (Å²) >= 11 is 6.39. The predicted molar refractivity (Wildman–Crippen MR) is 114 cm³/mol. The van der Waals surface area contributed by atoms with Crippen molar-refractivity contribution >= 4 is 34.0 Å². The van der Waals surface area contributed by atoms with Gasteiger partial charge in [0.25, 0.3) is 0 Å². The molecule has 132 valence electrons. The van der Waals surface area contributed by atoms with Crippen LogP contribution in [0.1, 0.15) is 11.1 Å². The summed E-state index contributed by atoms with van der Waals surface area (Å²) in [6, 6.07) is 21.7. The first-order valence-electron chi connectivity index (χ1n) is 8.66. The Morgan fingerprint density at radius 1 is 1.00 bits per heavy atom. The summed E-state index contributed by atoms with van der Waals surface area (Å²) in [5, 5.41) is 4.97. The molecule has 4 rings (SSSR count). The largest absolute Gasteiger partial charge is 0.340 e. The zero-order chi connectivity index (χ0) is 18.8. The maximum Gasteiger partial charge on any atom is 0.140 e. The summed E-state index contributed by atoms with van der Waals surface area (Å²) in [6.07, 6.45) is 1.78. The third kappa shape index (κ3) is 3.42. The van der Waals surface area contributed by atoms with Crippen LogP contribution in [0.25, 0.3) is 27.9 Å². The van der Waals surface area contributed by atoms with Gasteiger partial charge in [-0.15, -0.1) is 0 Å². The molecule has 4 heteroatoms. The number of hydrogen-bond acceptors (Lipinski definition) is 3. The number of pyridine rings is 2. The number of nitrogens with one attached hydrogen (secondary N) is 1. The Morgan fingerprint density at radius 2 is 1.78 bits per heavy atom. The van der Waals surface area contributed by atoms with Crippen LogP contribution < -0.4 is 5.32 Å². The fourth-order valence-electron chi connectivity index (χ4n) is 3.10. The van der Waals surface area contributed by atoms with Crippen LogP contribution in [0.5, 0.6) is 0 Å². The highest BCUT2D eigenvalue weighted by atomic mass is 35.5. The Morgan fingerprint density at radius 3 is 2.59 bits per heavy atom. The summed E-state index contributed by atoms with van der Waals surface area (Å²) in [5.74, 6) is 0.712. The SMILES string of the molecule is C=C(Nc1nc(-c2ccccc2Cl)cc2ncccc12)c1ccccc1C. The average Bonchev–Trinajstić information content (AvgIpc) is 2.68. The van der Waals surface area contributed by atoms with Gasteiger partial charge in [-0.05, 0) is 36.8 Å². The fraction of sp³-hybridized carbons (Fsp3) is 0.0435. The van der Waals surface area contributed by atoms with Gasteiger partial charge < -0.3 is 5.32 Å². The van der Waals surface area contributed by atoms with Gasteiger partial charge in [0, 0.05) is 33.4 Å². The minimum Gasteiger partial charge on any atom is -0.340 e. The van der Waals surface area contributed by atoms with E-state index in [0.29, 0.717) is 10.8 Å². The molecule has 0 spiro atoms. The molecule has 0 saturated heterocycles. The van der Waals surface area contributed by atoms with Gasteiger partial charge >= 0.3 is 0 Å². The Kier molecular flexibility index (Phi) is 4.61. The standard InChI is InChI=1S/C23H18ClN3/c1-15-8-3-4-9-17(15)16(2)26-23-19-11-7-13-25-21(19)14-22(27-23)18-10-5-6-12-20(18)24/h3-14H,2H2,1H3,(H,26,27). The van der Waals surface area contributed by atoms with Gasteiger partial charge in [0.15, 0.2) is 0 Å². The highest BCUT2D eigenvalue weighted by molar-refractivity contribution is 6.33. The van der Waals surface area contributed by atoms with Crippen molar-refractivity contribution in [1.29, 1.82) is 0 Å². The molecule has 0 bridgehead atoms. The molecule has 0 aliphatic carbocycles. The number of rotatable bonds is 4. The minimum absolute atomic E-state index is 0.656. The summed E-state index contributed by atoms with van der Waals surface area (Å²) in [4.78, 5) is 9.33. The molecule has 0 radical (unpaired) electrons. The van der Waals surface area contributed by atoms with Crippen molar-refractivity contribution in [3.05, 3.63) is 95.7 Å². The predicted octanol–water partition coefficient (Wildman–Crippen LogP) is 6.34. The molecule has 0 amide bonds. The number of nitrogens with zero attached hydrogens (tertiary/aromatic N) is 2. The highest BCUT2D eigenvalue weighted by Crippen LogP contribution is 2.32. The lowest BCUT2D eigenvalue weighted by molar-refractivity contribution is 1.30. The molecule has 0 saturated carbocycles. The fourth-order valence-corrected chi connectivity index (χ4v) is 3.33. The van der Waals surface area contributed by atoms with E-state index in [1.165, 1.54) is 0 Å². The first-order chi connectivity index (χ1) is 13.1. The molecule has 2 heterocycles.